The minimum Gasteiger partial charge on any atom is -0.309 e. The SMILES string of the molecule is CC(C)(C)c1ccc2c(c1)c1cc(C(C)(C)C)ccc1n2-c1ccccc1-c1nc(-c2ccccc2-c2ccccc2)nc(-c2cccc3c2sc2ccccc23)n1. The number of hydrogen-bond acceptors (Lipinski definition) is 4. The molecule has 4 nitrogen and oxygen atoms in total. The molecule has 58 heavy (non-hydrogen) atoms. The fourth-order valence-corrected chi connectivity index (χ4v) is 9.49. The smallest absolute Gasteiger partial charge is 0.166 e. The summed E-state index contributed by atoms with van der Waals surface area (Å²) in [4.78, 5) is 16.2. The third-order valence-corrected chi connectivity index (χ3v) is 12.6. The summed E-state index contributed by atoms with van der Waals surface area (Å²) in [6, 6.07) is 56.6. The number of aromatic nitrogens is 4. The Hall–Kier alpha value is -6.43. The Labute approximate surface area is 343 Å². The second-order valence-corrected chi connectivity index (χ2v) is 18.4. The predicted octanol–water partition coefficient (Wildman–Crippen LogP) is 14.6. The zero-order valence-electron chi connectivity index (χ0n) is 33.7. The van der Waals surface area contributed by atoms with E-state index in [2.05, 4.69) is 204 Å². The number of nitrogens with zero attached hydrogens (tertiary/aromatic N) is 4. The number of rotatable bonds is 5. The summed E-state index contributed by atoms with van der Waals surface area (Å²) < 4.78 is 4.82. The molecule has 0 aliphatic carbocycles. The Morgan fingerprint density at radius 1 is 0.414 bits per heavy atom. The van der Waals surface area contributed by atoms with Crippen molar-refractivity contribution in [2.24, 2.45) is 0 Å². The van der Waals surface area contributed by atoms with Gasteiger partial charge in [0.1, 0.15) is 0 Å². The molecule has 0 aliphatic rings. The van der Waals surface area contributed by atoms with Crippen LogP contribution in [0, 0.1) is 0 Å². The van der Waals surface area contributed by atoms with Gasteiger partial charge in [0.25, 0.3) is 0 Å². The van der Waals surface area contributed by atoms with Crippen LogP contribution in [0.3, 0.4) is 0 Å². The average Bonchev–Trinajstić information content (AvgIpc) is 3.78. The number of thiophene rings is 1. The molecule has 282 valence electrons. The van der Waals surface area contributed by atoms with Crippen molar-refractivity contribution < 1.29 is 0 Å². The predicted molar refractivity (Wildman–Crippen MR) is 246 cm³/mol. The first kappa shape index (κ1) is 35.9. The van der Waals surface area contributed by atoms with Gasteiger partial charge in [-0.1, -0.05) is 151 Å². The van der Waals surface area contributed by atoms with E-state index in [1.807, 2.05) is 0 Å². The molecule has 0 atom stereocenters. The molecule has 7 aromatic carbocycles. The van der Waals surface area contributed by atoms with Crippen LogP contribution >= 0.6 is 11.3 Å². The Bertz CT molecular complexity index is 3120. The number of fused-ring (bicyclic) bond motifs is 6. The van der Waals surface area contributed by atoms with Crippen LogP contribution in [0.2, 0.25) is 0 Å². The van der Waals surface area contributed by atoms with Crippen LogP contribution in [0.5, 0.6) is 0 Å². The largest absolute Gasteiger partial charge is 0.309 e. The van der Waals surface area contributed by atoms with Gasteiger partial charge in [-0.25, -0.2) is 15.0 Å². The van der Waals surface area contributed by atoms with Crippen LogP contribution in [0.25, 0.3) is 93.0 Å². The third-order valence-electron chi connectivity index (χ3n) is 11.4. The van der Waals surface area contributed by atoms with Gasteiger partial charge >= 0.3 is 0 Å². The highest BCUT2D eigenvalue weighted by Gasteiger charge is 2.24. The van der Waals surface area contributed by atoms with Gasteiger partial charge in [0, 0.05) is 47.6 Å². The first-order valence-corrected chi connectivity index (χ1v) is 20.9. The lowest BCUT2D eigenvalue weighted by atomic mass is 9.85. The van der Waals surface area contributed by atoms with Crippen molar-refractivity contribution in [3.63, 3.8) is 0 Å². The fourth-order valence-electron chi connectivity index (χ4n) is 8.28. The Morgan fingerprint density at radius 3 is 1.57 bits per heavy atom. The van der Waals surface area contributed by atoms with Crippen LogP contribution in [0.4, 0.5) is 0 Å². The second-order valence-electron chi connectivity index (χ2n) is 17.3. The lowest BCUT2D eigenvalue weighted by Crippen LogP contribution is -2.10. The maximum absolute atomic E-state index is 5.42. The Kier molecular flexibility index (Phi) is 8.43. The van der Waals surface area contributed by atoms with Gasteiger partial charge in [-0.2, -0.15) is 0 Å². The van der Waals surface area contributed by atoms with Gasteiger partial charge in [-0.3, -0.25) is 0 Å². The molecule has 0 fully saturated rings. The summed E-state index contributed by atoms with van der Waals surface area (Å²) in [5.74, 6) is 1.92. The Morgan fingerprint density at radius 2 is 0.914 bits per heavy atom. The van der Waals surface area contributed by atoms with Crippen molar-refractivity contribution in [1.82, 2.24) is 19.5 Å². The van der Waals surface area contributed by atoms with E-state index in [-0.39, 0.29) is 10.8 Å². The molecule has 3 heterocycles. The summed E-state index contributed by atoms with van der Waals surface area (Å²) in [7, 11) is 0. The minimum absolute atomic E-state index is 0.00709. The molecular weight excluding hydrogens is 725 g/mol. The molecule has 0 saturated heterocycles. The summed E-state index contributed by atoms with van der Waals surface area (Å²) in [6.07, 6.45) is 0. The normalized spacial score (nSPS) is 12.3. The van der Waals surface area contributed by atoms with E-state index in [4.69, 9.17) is 15.0 Å². The quantitative estimate of drug-likeness (QED) is 0.175. The van der Waals surface area contributed by atoms with Crippen LogP contribution in [-0.2, 0) is 10.8 Å². The highest BCUT2D eigenvalue weighted by atomic mass is 32.1. The fraction of sp³-hybridized carbons (Fsp3) is 0.151. The molecule has 0 N–H and O–H groups in total. The standard InChI is InChI=1S/C53H44N4S/c1-52(2,3)34-27-29-45-42(31-34)43-32-35(53(4,5)6)28-30-46(43)57(45)44-25-14-12-22-40(44)50-54-49(39-21-11-10-19-36(39)33-17-8-7-9-18-33)55-51(56-50)41-24-16-23-38-37-20-13-15-26-47(37)58-48(38)41/h7-32H,1-6H3. The van der Waals surface area contributed by atoms with Crippen LogP contribution in [-0.4, -0.2) is 19.5 Å². The molecule has 10 aromatic rings. The van der Waals surface area contributed by atoms with Crippen molar-refractivity contribution in [2.75, 3.05) is 0 Å². The number of para-hydroxylation sites is 1. The van der Waals surface area contributed by atoms with E-state index in [1.165, 1.54) is 42.1 Å². The molecular formula is C53H44N4S. The van der Waals surface area contributed by atoms with Crippen molar-refractivity contribution in [2.45, 2.75) is 52.4 Å². The maximum atomic E-state index is 5.42. The van der Waals surface area contributed by atoms with Crippen molar-refractivity contribution in [3.8, 4) is 51.0 Å². The summed E-state index contributed by atoms with van der Waals surface area (Å²) in [6.45, 7) is 13.7. The zero-order chi connectivity index (χ0) is 39.8. The molecule has 0 spiro atoms. The lowest BCUT2D eigenvalue weighted by Gasteiger charge is -2.19. The van der Waals surface area contributed by atoms with Gasteiger partial charge < -0.3 is 4.57 Å². The first-order chi connectivity index (χ1) is 28.0. The van der Waals surface area contributed by atoms with E-state index in [9.17, 15) is 0 Å². The number of benzene rings is 7. The molecule has 10 rings (SSSR count). The summed E-state index contributed by atoms with van der Waals surface area (Å²) in [5, 5.41) is 4.94. The number of hydrogen-bond donors (Lipinski definition) is 0. The monoisotopic (exact) mass is 768 g/mol. The zero-order valence-corrected chi connectivity index (χ0v) is 34.5. The highest BCUT2D eigenvalue weighted by Crippen LogP contribution is 2.42. The molecule has 0 unspecified atom stereocenters. The molecule has 3 aromatic heterocycles. The van der Waals surface area contributed by atoms with Crippen molar-refractivity contribution in [1.29, 1.82) is 0 Å². The van der Waals surface area contributed by atoms with Gasteiger partial charge in [0.2, 0.25) is 0 Å². The van der Waals surface area contributed by atoms with Crippen LogP contribution in [0.15, 0.2) is 158 Å². The maximum Gasteiger partial charge on any atom is 0.166 e. The second kappa shape index (κ2) is 13.6. The first-order valence-electron chi connectivity index (χ1n) is 20.0. The Balaban J connectivity index is 1.26. The molecule has 0 radical (unpaired) electrons. The molecule has 0 amide bonds. The molecule has 0 bridgehead atoms. The van der Waals surface area contributed by atoms with Gasteiger partial charge in [-0.05, 0) is 81.6 Å². The average molecular weight is 769 g/mol. The van der Waals surface area contributed by atoms with Crippen molar-refractivity contribution >= 4 is 53.3 Å². The van der Waals surface area contributed by atoms with Gasteiger partial charge in [0.15, 0.2) is 17.5 Å². The van der Waals surface area contributed by atoms with E-state index in [0.717, 1.165) is 44.5 Å². The van der Waals surface area contributed by atoms with Gasteiger partial charge in [0.05, 0.1) is 16.7 Å². The van der Waals surface area contributed by atoms with E-state index < -0.39 is 0 Å². The summed E-state index contributed by atoms with van der Waals surface area (Å²) in [5.41, 5.74) is 11.1. The van der Waals surface area contributed by atoms with Crippen molar-refractivity contribution in [3.05, 3.63) is 169 Å². The van der Waals surface area contributed by atoms with E-state index >= 15 is 0 Å². The van der Waals surface area contributed by atoms with E-state index in [0.29, 0.717) is 17.5 Å². The molecule has 5 heteroatoms. The molecule has 0 saturated carbocycles. The van der Waals surface area contributed by atoms with E-state index in [1.54, 1.807) is 11.3 Å². The highest BCUT2D eigenvalue weighted by molar-refractivity contribution is 7.26. The lowest BCUT2D eigenvalue weighted by molar-refractivity contribution is 0.590. The topological polar surface area (TPSA) is 43.6 Å². The minimum atomic E-state index is 0.00709. The third kappa shape index (κ3) is 6.09. The molecule has 0 aliphatic heterocycles. The summed E-state index contributed by atoms with van der Waals surface area (Å²) >= 11 is 1.79. The van der Waals surface area contributed by atoms with Gasteiger partial charge in [-0.15, -0.1) is 11.3 Å². The van der Waals surface area contributed by atoms with Crippen LogP contribution in [0.1, 0.15) is 52.7 Å². The van der Waals surface area contributed by atoms with Crippen LogP contribution < -0.4 is 0 Å².